The number of esters is 1. The molecule has 23 heavy (non-hydrogen) atoms. The van der Waals surface area contributed by atoms with Gasteiger partial charge in [-0.15, -0.1) is 0 Å². The average Bonchev–Trinajstić information content (AvgIpc) is 3.11. The van der Waals surface area contributed by atoms with Gasteiger partial charge in [-0.25, -0.2) is 14.8 Å². The highest BCUT2D eigenvalue weighted by molar-refractivity contribution is 5.83. The Morgan fingerprint density at radius 3 is 2.70 bits per heavy atom. The molecule has 0 spiro atoms. The molecular formula is C18H15N3O2. The minimum Gasteiger partial charge on any atom is -0.404 e. The zero-order valence-corrected chi connectivity index (χ0v) is 12.4. The SMILES string of the molecule is O=C(/C=C/Cc1ccc(-n2ccnc2)cc1)Oc1ccccn1. The molecule has 0 N–H and O–H groups in total. The van der Waals surface area contributed by atoms with E-state index >= 15 is 0 Å². The molecule has 2 heterocycles. The van der Waals surface area contributed by atoms with Crippen molar-refractivity contribution in [2.75, 3.05) is 0 Å². The van der Waals surface area contributed by atoms with Crippen molar-refractivity contribution in [1.82, 2.24) is 14.5 Å². The van der Waals surface area contributed by atoms with Crippen molar-refractivity contribution in [2.45, 2.75) is 6.42 Å². The quantitative estimate of drug-likeness (QED) is 0.537. The van der Waals surface area contributed by atoms with Crippen LogP contribution >= 0.6 is 0 Å². The van der Waals surface area contributed by atoms with Crippen molar-refractivity contribution in [3.05, 3.63) is 85.1 Å². The molecule has 1 aromatic carbocycles. The summed E-state index contributed by atoms with van der Waals surface area (Å²) in [5.41, 5.74) is 2.15. The summed E-state index contributed by atoms with van der Waals surface area (Å²) in [7, 11) is 0. The Morgan fingerprint density at radius 2 is 2.00 bits per heavy atom. The van der Waals surface area contributed by atoms with Crippen LogP contribution in [0.25, 0.3) is 5.69 Å². The first-order valence-corrected chi connectivity index (χ1v) is 7.18. The first-order valence-electron chi connectivity index (χ1n) is 7.18. The highest BCUT2D eigenvalue weighted by atomic mass is 16.5. The number of nitrogens with zero attached hydrogens (tertiary/aromatic N) is 3. The molecule has 0 aliphatic rings. The fraction of sp³-hybridized carbons (Fsp3) is 0.0556. The highest BCUT2D eigenvalue weighted by Crippen LogP contribution is 2.10. The molecule has 3 rings (SSSR count). The lowest BCUT2D eigenvalue weighted by atomic mass is 10.1. The topological polar surface area (TPSA) is 57.0 Å². The maximum atomic E-state index is 11.7. The van der Waals surface area contributed by atoms with Crippen molar-refractivity contribution < 1.29 is 9.53 Å². The van der Waals surface area contributed by atoms with Gasteiger partial charge in [0.15, 0.2) is 0 Å². The zero-order valence-electron chi connectivity index (χ0n) is 12.4. The Balaban J connectivity index is 1.54. The zero-order chi connectivity index (χ0) is 15.9. The number of ether oxygens (including phenoxy) is 1. The molecule has 2 aromatic heterocycles. The third kappa shape index (κ3) is 4.14. The maximum absolute atomic E-state index is 11.7. The molecule has 5 heteroatoms. The minimum atomic E-state index is -0.432. The van der Waals surface area contributed by atoms with E-state index < -0.39 is 5.97 Å². The summed E-state index contributed by atoms with van der Waals surface area (Å²) >= 11 is 0. The van der Waals surface area contributed by atoms with E-state index in [1.165, 1.54) is 6.08 Å². The smallest absolute Gasteiger partial charge is 0.337 e. The Kier molecular flexibility index (Phi) is 4.59. The lowest BCUT2D eigenvalue weighted by Crippen LogP contribution is -2.04. The molecule has 114 valence electrons. The molecule has 0 atom stereocenters. The number of imidazole rings is 1. The Bertz CT molecular complexity index is 779. The number of hydrogen-bond donors (Lipinski definition) is 0. The fourth-order valence-electron chi connectivity index (χ4n) is 2.05. The van der Waals surface area contributed by atoms with Crippen molar-refractivity contribution in [1.29, 1.82) is 0 Å². The number of pyridine rings is 1. The largest absolute Gasteiger partial charge is 0.404 e. The second-order valence-corrected chi connectivity index (χ2v) is 4.83. The number of carbonyl (C=O) groups is 1. The van der Waals surface area contributed by atoms with Crippen LogP contribution in [0.4, 0.5) is 0 Å². The minimum absolute atomic E-state index is 0.298. The van der Waals surface area contributed by atoms with E-state index in [0.29, 0.717) is 12.3 Å². The van der Waals surface area contributed by atoms with E-state index in [1.807, 2.05) is 35.0 Å². The van der Waals surface area contributed by atoms with E-state index in [1.54, 1.807) is 43.0 Å². The number of carbonyl (C=O) groups excluding carboxylic acids is 1. The van der Waals surface area contributed by atoms with Gasteiger partial charge in [0, 0.05) is 36.4 Å². The van der Waals surface area contributed by atoms with Gasteiger partial charge in [0.25, 0.3) is 0 Å². The molecule has 0 unspecified atom stereocenters. The molecule has 3 aromatic rings. The maximum Gasteiger partial charge on any atom is 0.337 e. The van der Waals surface area contributed by atoms with E-state index in [2.05, 4.69) is 9.97 Å². The van der Waals surface area contributed by atoms with Crippen LogP contribution in [0.15, 0.2) is 79.5 Å². The van der Waals surface area contributed by atoms with Crippen molar-refractivity contribution >= 4 is 5.97 Å². The van der Waals surface area contributed by atoms with Gasteiger partial charge in [0.05, 0.1) is 6.33 Å². The molecule has 0 radical (unpaired) electrons. The summed E-state index contributed by atoms with van der Waals surface area (Å²) in [4.78, 5) is 19.6. The van der Waals surface area contributed by atoms with Crippen LogP contribution in [0.2, 0.25) is 0 Å². The molecule has 0 saturated carbocycles. The van der Waals surface area contributed by atoms with Crippen LogP contribution < -0.4 is 4.74 Å². The van der Waals surface area contributed by atoms with Crippen LogP contribution in [0, 0.1) is 0 Å². The molecule has 0 aliphatic heterocycles. The van der Waals surface area contributed by atoms with Gasteiger partial charge in [-0.1, -0.05) is 24.3 Å². The molecule has 0 saturated heterocycles. The van der Waals surface area contributed by atoms with E-state index in [4.69, 9.17) is 4.74 Å². The molecule has 0 bridgehead atoms. The van der Waals surface area contributed by atoms with Crippen LogP contribution in [0.5, 0.6) is 5.88 Å². The Morgan fingerprint density at radius 1 is 1.13 bits per heavy atom. The lowest BCUT2D eigenvalue weighted by Gasteiger charge is -2.03. The average molecular weight is 305 g/mol. The molecule has 5 nitrogen and oxygen atoms in total. The normalized spacial score (nSPS) is 10.8. The van der Waals surface area contributed by atoms with Gasteiger partial charge >= 0.3 is 5.97 Å². The predicted molar refractivity (Wildman–Crippen MR) is 86.3 cm³/mol. The van der Waals surface area contributed by atoms with Crippen molar-refractivity contribution in [2.24, 2.45) is 0 Å². The molecule has 0 amide bonds. The van der Waals surface area contributed by atoms with Crippen LogP contribution in [0.3, 0.4) is 0 Å². The number of allylic oxidation sites excluding steroid dienone is 1. The van der Waals surface area contributed by atoms with E-state index in [0.717, 1.165) is 11.3 Å². The first kappa shape index (κ1) is 14.7. The Hall–Kier alpha value is -3.21. The predicted octanol–water partition coefficient (Wildman–Crippen LogP) is 2.97. The van der Waals surface area contributed by atoms with Gasteiger partial charge in [-0.2, -0.15) is 0 Å². The summed E-state index contributed by atoms with van der Waals surface area (Å²) in [5, 5.41) is 0. The monoisotopic (exact) mass is 305 g/mol. The third-order valence-electron chi connectivity index (χ3n) is 3.19. The summed E-state index contributed by atoms with van der Waals surface area (Å²) in [5.74, 6) is -0.134. The second-order valence-electron chi connectivity index (χ2n) is 4.83. The number of rotatable bonds is 5. The Labute approximate surface area is 133 Å². The summed E-state index contributed by atoms with van der Waals surface area (Å²) in [6, 6.07) is 13.2. The van der Waals surface area contributed by atoms with Crippen molar-refractivity contribution in [3.63, 3.8) is 0 Å². The van der Waals surface area contributed by atoms with Gasteiger partial charge < -0.3 is 9.30 Å². The fourth-order valence-corrected chi connectivity index (χ4v) is 2.05. The summed E-state index contributed by atoms with van der Waals surface area (Å²) in [6.45, 7) is 0. The number of hydrogen-bond acceptors (Lipinski definition) is 4. The summed E-state index contributed by atoms with van der Waals surface area (Å²) < 4.78 is 7.01. The van der Waals surface area contributed by atoms with Gasteiger partial charge in [-0.3, -0.25) is 0 Å². The lowest BCUT2D eigenvalue weighted by molar-refractivity contribution is -0.129. The van der Waals surface area contributed by atoms with Crippen LogP contribution in [-0.4, -0.2) is 20.5 Å². The summed E-state index contributed by atoms with van der Waals surface area (Å²) in [6.07, 6.45) is 10.8. The highest BCUT2D eigenvalue weighted by Gasteiger charge is 2.00. The van der Waals surface area contributed by atoms with Gasteiger partial charge in [0.1, 0.15) is 0 Å². The van der Waals surface area contributed by atoms with Crippen LogP contribution in [-0.2, 0) is 11.2 Å². The number of benzene rings is 1. The van der Waals surface area contributed by atoms with Gasteiger partial charge in [0.2, 0.25) is 5.88 Å². The van der Waals surface area contributed by atoms with Gasteiger partial charge in [-0.05, 0) is 30.2 Å². The van der Waals surface area contributed by atoms with E-state index in [9.17, 15) is 4.79 Å². The number of aromatic nitrogens is 3. The standard InChI is InChI=1S/C18H15N3O2/c22-18(23-17-5-1-2-11-20-17)6-3-4-15-7-9-16(10-8-15)21-13-12-19-14-21/h1-3,5-14H,4H2/b6-3+. The first-order chi connectivity index (χ1) is 11.3. The van der Waals surface area contributed by atoms with Crippen LogP contribution in [0.1, 0.15) is 5.56 Å². The second kappa shape index (κ2) is 7.17. The molecule has 0 aliphatic carbocycles. The molecular weight excluding hydrogens is 290 g/mol. The third-order valence-corrected chi connectivity index (χ3v) is 3.19. The molecule has 0 fully saturated rings. The van der Waals surface area contributed by atoms with E-state index in [-0.39, 0.29) is 0 Å². The van der Waals surface area contributed by atoms with Crippen molar-refractivity contribution in [3.8, 4) is 11.6 Å².